The van der Waals surface area contributed by atoms with E-state index in [0.29, 0.717) is 17.5 Å². The minimum Gasteiger partial charge on any atom is -0.437 e. The lowest BCUT2D eigenvalue weighted by molar-refractivity contribution is 0.461. The van der Waals surface area contributed by atoms with E-state index in [4.69, 9.17) is 16.3 Å². The zero-order valence-corrected chi connectivity index (χ0v) is 10.8. The number of fused-ring (bicyclic) bond motifs is 1. The summed E-state index contributed by atoms with van der Waals surface area (Å²) in [7, 11) is 0. The molecule has 0 aliphatic heterocycles. The van der Waals surface area contributed by atoms with Gasteiger partial charge in [-0.3, -0.25) is 4.98 Å². The highest BCUT2D eigenvalue weighted by Crippen LogP contribution is 2.23. The molecule has 3 nitrogen and oxygen atoms in total. The van der Waals surface area contributed by atoms with Crippen LogP contribution in [-0.2, 0) is 5.88 Å². The highest BCUT2D eigenvalue weighted by atomic mass is 35.5. The molecular formula is C15H11ClN2O. The van der Waals surface area contributed by atoms with Gasteiger partial charge in [-0.1, -0.05) is 18.2 Å². The number of halogens is 1. The van der Waals surface area contributed by atoms with Crippen molar-refractivity contribution in [2.45, 2.75) is 5.88 Å². The lowest BCUT2D eigenvalue weighted by atomic mass is 10.2. The van der Waals surface area contributed by atoms with Crippen LogP contribution in [0.2, 0.25) is 0 Å². The summed E-state index contributed by atoms with van der Waals surface area (Å²) < 4.78 is 5.70. The van der Waals surface area contributed by atoms with Crippen molar-refractivity contribution in [2.24, 2.45) is 0 Å². The third-order valence-electron chi connectivity index (χ3n) is 2.74. The molecule has 4 heteroatoms. The Hall–Kier alpha value is -2.13. The maximum Gasteiger partial charge on any atom is 0.219 e. The number of ether oxygens (including phenoxy) is 1. The molecule has 0 saturated heterocycles. The van der Waals surface area contributed by atoms with Crippen LogP contribution in [0.4, 0.5) is 0 Å². The van der Waals surface area contributed by atoms with E-state index in [1.807, 2.05) is 42.5 Å². The van der Waals surface area contributed by atoms with E-state index in [9.17, 15) is 0 Å². The van der Waals surface area contributed by atoms with Crippen molar-refractivity contribution in [3.05, 3.63) is 60.4 Å². The number of pyridine rings is 2. The van der Waals surface area contributed by atoms with Crippen molar-refractivity contribution < 1.29 is 4.74 Å². The Balaban J connectivity index is 1.92. The lowest BCUT2D eigenvalue weighted by Gasteiger charge is -2.06. The van der Waals surface area contributed by atoms with Crippen LogP contribution in [0.1, 0.15) is 5.56 Å². The van der Waals surface area contributed by atoms with Gasteiger partial charge in [-0.2, -0.15) is 0 Å². The Labute approximate surface area is 115 Å². The van der Waals surface area contributed by atoms with Crippen LogP contribution >= 0.6 is 11.6 Å². The molecule has 0 amide bonds. The van der Waals surface area contributed by atoms with Gasteiger partial charge in [0.05, 0.1) is 11.7 Å². The third kappa shape index (κ3) is 2.66. The van der Waals surface area contributed by atoms with Gasteiger partial charge in [0.1, 0.15) is 5.75 Å². The first-order valence-corrected chi connectivity index (χ1v) is 6.42. The van der Waals surface area contributed by atoms with E-state index in [1.54, 1.807) is 12.4 Å². The molecule has 1 aromatic carbocycles. The van der Waals surface area contributed by atoms with E-state index < -0.39 is 0 Å². The molecule has 94 valence electrons. The normalized spacial score (nSPS) is 10.6. The van der Waals surface area contributed by atoms with Gasteiger partial charge in [0.15, 0.2) is 0 Å². The molecule has 2 aromatic heterocycles. The molecule has 0 N–H and O–H groups in total. The Morgan fingerprint density at radius 1 is 1.05 bits per heavy atom. The van der Waals surface area contributed by atoms with E-state index >= 15 is 0 Å². The number of nitrogens with zero attached hydrogens (tertiary/aromatic N) is 2. The highest BCUT2D eigenvalue weighted by molar-refractivity contribution is 6.17. The quantitative estimate of drug-likeness (QED) is 0.670. The van der Waals surface area contributed by atoms with Crippen molar-refractivity contribution >= 4 is 22.5 Å². The fraction of sp³-hybridized carbons (Fsp3) is 0.0667. The van der Waals surface area contributed by atoms with Gasteiger partial charge in [0.2, 0.25) is 5.88 Å². The van der Waals surface area contributed by atoms with Crippen LogP contribution in [0.3, 0.4) is 0 Å². The molecule has 0 spiro atoms. The van der Waals surface area contributed by atoms with Crippen molar-refractivity contribution in [2.75, 3.05) is 0 Å². The summed E-state index contributed by atoms with van der Waals surface area (Å²) in [5.41, 5.74) is 1.91. The zero-order valence-electron chi connectivity index (χ0n) is 10.1. The molecule has 0 radical (unpaired) electrons. The van der Waals surface area contributed by atoms with E-state index in [-0.39, 0.29) is 0 Å². The van der Waals surface area contributed by atoms with E-state index in [0.717, 1.165) is 16.5 Å². The van der Waals surface area contributed by atoms with Crippen LogP contribution < -0.4 is 4.74 Å². The topological polar surface area (TPSA) is 35.0 Å². The average Bonchev–Trinajstić information content (AvgIpc) is 2.47. The average molecular weight is 271 g/mol. The number of rotatable bonds is 3. The summed E-state index contributed by atoms with van der Waals surface area (Å²) >= 11 is 5.78. The molecule has 0 unspecified atom stereocenters. The Kier molecular flexibility index (Phi) is 3.29. The Morgan fingerprint density at radius 3 is 2.84 bits per heavy atom. The molecule has 0 bridgehead atoms. The van der Waals surface area contributed by atoms with Gasteiger partial charge < -0.3 is 4.74 Å². The number of aromatic nitrogens is 2. The number of benzene rings is 1. The van der Waals surface area contributed by atoms with Crippen LogP contribution in [0.25, 0.3) is 10.9 Å². The first-order valence-electron chi connectivity index (χ1n) is 5.89. The molecule has 0 atom stereocenters. The van der Waals surface area contributed by atoms with Gasteiger partial charge in [-0.25, -0.2) is 4.98 Å². The fourth-order valence-corrected chi connectivity index (χ4v) is 1.98. The van der Waals surface area contributed by atoms with Crippen LogP contribution in [0, 0.1) is 0 Å². The summed E-state index contributed by atoms with van der Waals surface area (Å²) in [6.45, 7) is 0. The maximum absolute atomic E-state index is 5.78. The lowest BCUT2D eigenvalue weighted by Crippen LogP contribution is -1.90. The van der Waals surface area contributed by atoms with Gasteiger partial charge in [-0.05, 0) is 23.8 Å². The van der Waals surface area contributed by atoms with E-state index in [2.05, 4.69) is 9.97 Å². The highest BCUT2D eigenvalue weighted by Gasteiger charge is 2.02. The number of hydrogen-bond acceptors (Lipinski definition) is 3. The third-order valence-corrected chi connectivity index (χ3v) is 3.05. The number of alkyl halides is 1. The summed E-state index contributed by atoms with van der Waals surface area (Å²) in [6, 6.07) is 13.5. The molecule has 2 heterocycles. The zero-order chi connectivity index (χ0) is 13.1. The monoisotopic (exact) mass is 270 g/mol. The number of hydrogen-bond donors (Lipinski definition) is 0. The SMILES string of the molecule is ClCc1ccnc(Oc2cnc3ccccc3c2)c1. The molecule has 0 fully saturated rings. The van der Waals surface area contributed by atoms with E-state index in [1.165, 1.54) is 0 Å². The second-order valence-corrected chi connectivity index (χ2v) is 4.37. The minimum absolute atomic E-state index is 0.439. The fourth-order valence-electron chi connectivity index (χ4n) is 1.82. The molecular weight excluding hydrogens is 260 g/mol. The standard InChI is InChI=1S/C15H11ClN2O/c16-9-11-5-6-17-15(7-11)19-13-8-12-3-1-2-4-14(12)18-10-13/h1-8,10H,9H2. The van der Waals surface area contributed by atoms with Gasteiger partial charge in [0.25, 0.3) is 0 Å². The van der Waals surface area contributed by atoms with Gasteiger partial charge in [0, 0.05) is 23.5 Å². The van der Waals surface area contributed by atoms with Crippen molar-refractivity contribution in [3.8, 4) is 11.6 Å². The first kappa shape index (κ1) is 11.9. The Morgan fingerprint density at radius 2 is 1.95 bits per heavy atom. The summed E-state index contributed by atoms with van der Waals surface area (Å²) in [5, 5.41) is 1.04. The second kappa shape index (κ2) is 5.24. The molecule has 0 aliphatic rings. The predicted molar refractivity (Wildman–Crippen MR) is 75.6 cm³/mol. The predicted octanol–water partition coefficient (Wildman–Crippen LogP) is 4.16. The molecule has 0 aliphatic carbocycles. The van der Waals surface area contributed by atoms with Gasteiger partial charge >= 0.3 is 0 Å². The summed E-state index contributed by atoms with van der Waals surface area (Å²) in [4.78, 5) is 8.50. The summed E-state index contributed by atoms with van der Waals surface area (Å²) in [6.07, 6.45) is 3.37. The van der Waals surface area contributed by atoms with Gasteiger partial charge in [-0.15, -0.1) is 11.6 Å². The Bertz CT molecular complexity index is 715. The molecule has 3 rings (SSSR count). The van der Waals surface area contributed by atoms with Crippen molar-refractivity contribution in [1.82, 2.24) is 9.97 Å². The van der Waals surface area contributed by atoms with Crippen LogP contribution in [0.5, 0.6) is 11.6 Å². The number of para-hydroxylation sites is 1. The van der Waals surface area contributed by atoms with Crippen LogP contribution in [-0.4, -0.2) is 9.97 Å². The second-order valence-electron chi connectivity index (χ2n) is 4.10. The smallest absolute Gasteiger partial charge is 0.219 e. The summed E-state index contributed by atoms with van der Waals surface area (Å²) in [5.74, 6) is 1.63. The van der Waals surface area contributed by atoms with Crippen LogP contribution in [0.15, 0.2) is 54.9 Å². The minimum atomic E-state index is 0.439. The maximum atomic E-state index is 5.78. The molecule has 3 aromatic rings. The molecule has 0 saturated carbocycles. The largest absolute Gasteiger partial charge is 0.437 e. The van der Waals surface area contributed by atoms with Crippen molar-refractivity contribution in [1.29, 1.82) is 0 Å². The first-order chi connectivity index (χ1) is 9.35. The molecule has 19 heavy (non-hydrogen) atoms. The van der Waals surface area contributed by atoms with Crippen molar-refractivity contribution in [3.63, 3.8) is 0 Å².